The molecule has 4 rings (SSSR count). The monoisotopic (exact) mass is 417 g/mol. The topological polar surface area (TPSA) is 98.7 Å². The molecule has 0 aromatic heterocycles. The van der Waals surface area contributed by atoms with Crippen LogP contribution in [0.15, 0.2) is 66.7 Å². The first-order valence-electron chi connectivity index (χ1n) is 10.2. The van der Waals surface area contributed by atoms with E-state index in [4.69, 9.17) is 0 Å². The third kappa shape index (κ3) is 4.50. The molecular formula is C24H23N3O4. The van der Waals surface area contributed by atoms with Crippen molar-refractivity contribution in [2.45, 2.75) is 25.3 Å². The number of phenols is 1. The van der Waals surface area contributed by atoms with Crippen molar-refractivity contribution in [3.8, 4) is 5.75 Å². The number of carbonyl (C=O) groups is 3. The second-order valence-electron chi connectivity index (χ2n) is 7.48. The number of urea groups is 1. The van der Waals surface area contributed by atoms with Gasteiger partial charge in [-0.3, -0.25) is 9.59 Å². The quantitative estimate of drug-likeness (QED) is 0.515. The van der Waals surface area contributed by atoms with Crippen molar-refractivity contribution in [1.29, 1.82) is 0 Å². The number of anilines is 1. The zero-order chi connectivity index (χ0) is 21.8. The van der Waals surface area contributed by atoms with Crippen LogP contribution in [-0.2, 0) is 16.0 Å². The first-order chi connectivity index (χ1) is 15.0. The molecule has 3 N–H and O–H groups in total. The number of hydrogen-bond donors (Lipinski definition) is 3. The molecule has 4 amide bonds. The molecule has 0 aliphatic carbocycles. The van der Waals surface area contributed by atoms with Crippen LogP contribution < -0.4 is 15.5 Å². The van der Waals surface area contributed by atoms with Crippen LogP contribution in [-0.4, -0.2) is 35.5 Å². The van der Waals surface area contributed by atoms with Crippen molar-refractivity contribution >= 4 is 34.3 Å². The van der Waals surface area contributed by atoms with Crippen LogP contribution in [0, 0.1) is 0 Å². The molecular weight excluding hydrogens is 394 g/mol. The molecule has 1 heterocycles. The van der Waals surface area contributed by atoms with Crippen LogP contribution >= 0.6 is 0 Å². The smallest absolute Gasteiger partial charge is 0.329 e. The minimum Gasteiger partial charge on any atom is -0.508 e. The summed E-state index contributed by atoms with van der Waals surface area (Å²) in [6.45, 7) is 0.455. The van der Waals surface area contributed by atoms with E-state index in [-0.39, 0.29) is 30.4 Å². The van der Waals surface area contributed by atoms with Crippen molar-refractivity contribution in [2.24, 2.45) is 0 Å². The summed E-state index contributed by atoms with van der Waals surface area (Å²) in [6, 6.07) is 18.7. The van der Waals surface area contributed by atoms with Crippen molar-refractivity contribution in [3.05, 3.63) is 72.3 Å². The summed E-state index contributed by atoms with van der Waals surface area (Å²) in [6.07, 6.45) is 1.01. The SMILES string of the molecule is O=C(CC[C@H]1NC(=O)N(c2cccc3ccccc23)C1=O)NCCc1ccc(O)cc1. The summed E-state index contributed by atoms with van der Waals surface area (Å²) in [4.78, 5) is 38.7. The number of amides is 4. The predicted molar refractivity (Wildman–Crippen MR) is 118 cm³/mol. The van der Waals surface area contributed by atoms with E-state index >= 15 is 0 Å². The van der Waals surface area contributed by atoms with Crippen LogP contribution in [0.3, 0.4) is 0 Å². The number of benzene rings is 3. The lowest BCUT2D eigenvalue weighted by atomic mass is 10.1. The Kier molecular flexibility index (Phi) is 5.84. The molecule has 1 aliphatic rings. The van der Waals surface area contributed by atoms with Crippen LogP contribution in [0.2, 0.25) is 0 Å². The number of imide groups is 1. The molecule has 0 spiro atoms. The van der Waals surface area contributed by atoms with E-state index in [1.165, 1.54) is 0 Å². The minimum atomic E-state index is -0.727. The summed E-state index contributed by atoms with van der Waals surface area (Å²) >= 11 is 0. The Morgan fingerprint density at radius 1 is 1.00 bits per heavy atom. The summed E-state index contributed by atoms with van der Waals surface area (Å²) in [5.74, 6) is -0.323. The van der Waals surface area contributed by atoms with Gasteiger partial charge in [0.05, 0.1) is 5.69 Å². The number of phenolic OH excluding ortho intramolecular Hbond substituents is 1. The fourth-order valence-electron chi connectivity index (χ4n) is 3.73. The highest BCUT2D eigenvalue weighted by Gasteiger charge is 2.39. The first kappa shape index (κ1) is 20.4. The lowest BCUT2D eigenvalue weighted by molar-refractivity contribution is -0.121. The molecule has 7 heteroatoms. The van der Waals surface area contributed by atoms with Crippen LogP contribution in [0.1, 0.15) is 18.4 Å². The summed E-state index contributed by atoms with van der Waals surface area (Å²) in [5.41, 5.74) is 1.54. The lowest BCUT2D eigenvalue weighted by Crippen LogP contribution is -2.33. The predicted octanol–water partition coefficient (Wildman–Crippen LogP) is 3.11. The fourth-order valence-corrected chi connectivity index (χ4v) is 3.73. The van der Waals surface area contributed by atoms with E-state index in [0.717, 1.165) is 21.2 Å². The number of rotatable bonds is 7. The Morgan fingerprint density at radius 2 is 1.74 bits per heavy atom. The van der Waals surface area contributed by atoms with Crippen molar-refractivity contribution in [1.82, 2.24) is 10.6 Å². The number of nitrogens with one attached hydrogen (secondary N) is 2. The second kappa shape index (κ2) is 8.87. The molecule has 0 bridgehead atoms. The maximum Gasteiger partial charge on any atom is 0.329 e. The molecule has 1 saturated heterocycles. The number of aromatic hydroxyl groups is 1. The Balaban J connectivity index is 1.32. The summed E-state index contributed by atoms with van der Waals surface area (Å²) in [5, 5.41) is 16.6. The molecule has 0 unspecified atom stereocenters. The highest BCUT2D eigenvalue weighted by Crippen LogP contribution is 2.29. The van der Waals surface area contributed by atoms with Gasteiger partial charge in [0.1, 0.15) is 11.8 Å². The van der Waals surface area contributed by atoms with Gasteiger partial charge in [0.15, 0.2) is 0 Å². The normalized spacial score (nSPS) is 15.9. The van der Waals surface area contributed by atoms with Gasteiger partial charge in [-0.2, -0.15) is 0 Å². The van der Waals surface area contributed by atoms with Gasteiger partial charge in [-0.05, 0) is 42.0 Å². The molecule has 158 valence electrons. The molecule has 1 atom stereocenters. The molecule has 0 radical (unpaired) electrons. The maximum absolute atomic E-state index is 12.9. The lowest BCUT2D eigenvalue weighted by Gasteiger charge is -2.15. The summed E-state index contributed by atoms with van der Waals surface area (Å²) in [7, 11) is 0. The van der Waals surface area contributed by atoms with E-state index < -0.39 is 12.1 Å². The molecule has 1 aliphatic heterocycles. The van der Waals surface area contributed by atoms with Crippen LogP contribution in [0.5, 0.6) is 5.75 Å². The van der Waals surface area contributed by atoms with E-state index in [9.17, 15) is 19.5 Å². The number of nitrogens with zero attached hydrogens (tertiary/aromatic N) is 1. The van der Waals surface area contributed by atoms with Gasteiger partial charge in [0.25, 0.3) is 5.91 Å². The largest absolute Gasteiger partial charge is 0.508 e. The number of fused-ring (bicyclic) bond motifs is 1. The molecule has 1 fully saturated rings. The van der Waals surface area contributed by atoms with Gasteiger partial charge in [-0.25, -0.2) is 9.69 Å². The zero-order valence-corrected chi connectivity index (χ0v) is 16.9. The van der Waals surface area contributed by atoms with E-state index in [1.807, 2.05) is 36.4 Å². The average Bonchev–Trinajstić information content (AvgIpc) is 3.06. The Bertz CT molecular complexity index is 1120. The standard InChI is InChI=1S/C24H23N3O4/c28-18-10-8-16(9-11-18)14-15-25-22(29)13-12-20-23(30)27(24(31)26-20)21-7-3-5-17-4-1-2-6-19(17)21/h1-11,20,28H,12-15H2,(H,25,29)(H,26,31)/t20-/m1/s1. The fraction of sp³-hybridized carbons (Fsp3) is 0.208. The van der Waals surface area contributed by atoms with Gasteiger partial charge >= 0.3 is 6.03 Å². The van der Waals surface area contributed by atoms with E-state index in [1.54, 1.807) is 30.3 Å². The summed E-state index contributed by atoms with van der Waals surface area (Å²) < 4.78 is 0. The van der Waals surface area contributed by atoms with Gasteiger partial charge in [-0.15, -0.1) is 0 Å². The van der Waals surface area contributed by atoms with Gasteiger partial charge in [0.2, 0.25) is 5.91 Å². The minimum absolute atomic E-state index is 0.135. The van der Waals surface area contributed by atoms with Crippen molar-refractivity contribution in [2.75, 3.05) is 11.4 Å². The third-order valence-corrected chi connectivity index (χ3v) is 5.36. The third-order valence-electron chi connectivity index (χ3n) is 5.36. The maximum atomic E-state index is 12.9. The van der Waals surface area contributed by atoms with Crippen LogP contribution in [0.4, 0.5) is 10.5 Å². The van der Waals surface area contributed by atoms with E-state index in [0.29, 0.717) is 18.7 Å². The highest BCUT2D eigenvalue weighted by atomic mass is 16.3. The van der Waals surface area contributed by atoms with Gasteiger partial charge in [0, 0.05) is 18.4 Å². The second-order valence-corrected chi connectivity index (χ2v) is 7.48. The van der Waals surface area contributed by atoms with Crippen LogP contribution in [0.25, 0.3) is 10.8 Å². The number of hydrogen-bond acceptors (Lipinski definition) is 4. The Morgan fingerprint density at radius 3 is 2.55 bits per heavy atom. The molecule has 0 saturated carbocycles. The van der Waals surface area contributed by atoms with E-state index in [2.05, 4.69) is 10.6 Å². The molecule has 3 aromatic carbocycles. The average molecular weight is 417 g/mol. The first-order valence-corrected chi connectivity index (χ1v) is 10.2. The zero-order valence-electron chi connectivity index (χ0n) is 16.9. The van der Waals surface area contributed by atoms with Crippen molar-refractivity contribution < 1.29 is 19.5 Å². The van der Waals surface area contributed by atoms with Gasteiger partial charge in [-0.1, -0.05) is 48.5 Å². The Labute approximate surface area is 179 Å². The van der Waals surface area contributed by atoms with Crippen molar-refractivity contribution in [3.63, 3.8) is 0 Å². The molecule has 7 nitrogen and oxygen atoms in total. The highest BCUT2D eigenvalue weighted by molar-refractivity contribution is 6.24. The molecule has 31 heavy (non-hydrogen) atoms. The Hall–Kier alpha value is -3.87. The number of carbonyl (C=O) groups excluding carboxylic acids is 3. The van der Waals surface area contributed by atoms with Gasteiger partial charge < -0.3 is 15.7 Å². The molecule has 3 aromatic rings.